The summed E-state index contributed by atoms with van der Waals surface area (Å²) in [5.41, 5.74) is 2.03. The second-order valence-corrected chi connectivity index (χ2v) is 9.22. The highest BCUT2D eigenvalue weighted by Gasteiger charge is 2.12. The molecule has 9 nitrogen and oxygen atoms in total. The van der Waals surface area contributed by atoms with Crippen LogP contribution in [0.2, 0.25) is 0 Å². The lowest BCUT2D eigenvalue weighted by Gasteiger charge is -2.07. The van der Waals surface area contributed by atoms with Crippen LogP contribution in [-0.4, -0.2) is 38.5 Å². The molecule has 0 bridgehead atoms. The lowest BCUT2D eigenvalue weighted by Crippen LogP contribution is -2.16. The van der Waals surface area contributed by atoms with Gasteiger partial charge < -0.3 is 16.0 Å². The third-order valence-electron chi connectivity index (χ3n) is 5.28. The molecule has 0 unspecified atom stereocenters. The summed E-state index contributed by atoms with van der Waals surface area (Å²) < 4.78 is 14.4. The van der Waals surface area contributed by atoms with Crippen LogP contribution in [-0.2, 0) is 28.9 Å². The molecule has 0 saturated heterocycles. The predicted octanol–water partition coefficient (Wildman–Crippen LogP) is 3.59. The Bertz CT molecular complexity index is 1260. The van der Waals surface area contributed by atoms with Crippen LogP contribution in [0.1, 0.15) is 35.5 Å². The van der Waals surface area contributed by atoms with Crippen LogP contribution in [0.5, 0.6) is 0 Å². The summed E-state index contributed by atoms with van der Waals surface area (Å²) >= 11 is 1.34. The van der Waals surface area contributed by atoms with Crippen LogP contribution < -0.4 is 16.0 Å². The van der Waals surface area contributed by atoms with E-state index in [1.54, 1.807) is 36.5 Å². The number of carbonyl (C=O) groups excluding carboxylic acids is 2. The minimum Gasteiger partial charge on any atom is -0.387 e. The molecule has 2 amide bonds. The van der Waals surface area contributed by atoms with Crippen molar-refractivity contribution >= 4 is 34.1 Å². The SMILES string of the molecule is O=C(Cc1ccccn1)Nc1ccc(CCCCc2nnc(NC(=O)CC3=CNCC=C3)s2)c(F)n1. The molecule has 0 aliphatic carbocycles. The Morgan fingerprint density at radius 2 is 1.89 bits per heavy atom. The molecule has 4 heterocycles. The molecular formula is C25H26FN7O2S. The summed E-state index contributed by atoms with van der Waals surface area (Å²) in [6, 6.07) is 8.57. The average molecular weight is 508 g/mol. The van der Waals surface area contributed by atoms with E-state index in [1.807, 2.05) is 18.4 Å². The van der Waals surface area contributed by atoms with Gasteiger partial charge in [-0.2, -0.15) is 4.39 Å². The van der Waals surface area contributed by atoms with Gasteiger partial charge in [0.2, 0.25) is 22.9 Å². The number of halogens is 1. The van der Waals surface area contributed by atoms with E-state index in [-0.39, 0.29) is 30.5 Å². The van der Waals surface area contributed by atoms with Crippen LogP contribution >= 0.6 is 11.3 Å². The van der Waals surface area contributed by atoms with Crippen LogP contribution in [0.4, 0.5) is 15.3 Å². The normalized spacial score (nSPS) is 12.5. The molecule has 1 aliphatic rings. The number of aromatic nitrogens is 4. The van der Waals surface area contributed by atoms with E-state index in [2.05, 4.69) is 36.1 Å². The number of nitrogens with zero attached hydrogens (tertiary/aromatic N) is 4. The zero-order chi connectivity index (χ0) is 25.2. The number of anilines is 2. The lowest BCUT2D eigenvalue weighted by molar-refractivity contribution is -0.116. The van der Waals surface area contributed by atoms with E-state index < -0.39 is 5.95 Å². The average Bonchev–Trinajstić information content (AvgIpc) is 3.31. The van der Waals surface area contributed by atoms with Gasteiger partial charge in [-0.15, -0.1) is 10.2 Å². The summed E-state index contributed by atoms with van der Waals surface area (Å²) in [5, 5.41) is 17.9. The zero-order valence-electron chi connectivity index (χ0n) is 19.5. The van der Waals surface area contributed by atoms with E-state index in [1.165, 1.54) is 11.3 Å². The zero-order valence-corrected chi connectivity index (χ0v) is 20.4. The highest BCUT2D eigenvalue weighted by molar-refractivity contribution is 7.15. The van der Waals surface area contributed by atoms with Crippen molar-refractivity contribution < 1.29 is 14.0 Å². The molecule has 0 radical (unpaired) electrons. The van der Waals surface area contributed by atoms with Crippen LogP contribution in [0.15, 0.2) is 60.5 Å². The third kappa shape index (κ3) is 7.77. The topological polar surface area (TPSA) is 122 Å². The number of unbranched alkanes of at least 4 members (excludes halogenated alkanes) is 1. The lowest BCUT2D eigenvalue weighted by atomic mass is 10.1. The first-order chi connectivity index (χ1) is 17.5. The monoisotopic (exact) mass is 507 g/mol. The Hall–Kier alpha value is -3.99. The summed E-state index contributed by atoms with van der Waals surface area (Å²) in [4.78, 5) is 32.3. The Labute approximate surface area is 212 Å². The standard InChI is InChI=1S/C25H26FN7O2S/c26-24-18(10-11-20(30-24)29-22(35)15-19-8-3-4-13-28-19)7-1-2-9-23-32-33-25(36-23)31-21(34)14-17-6-5-12-27-16-17/h3-6,8,10-11,13,16,27H,1-2,7,9,12,14-15H2,(H,29,30,35)(H,31,33,34). The second-order valence-electron chi connectivity index (χ2n) is 8.16. The van der Waals surface area contributed by atoms with E-state index in [0.717, 1.165) is 30.0 Å². The maximum absolute atomic E-state index is 14.4. The number of rotatable bonds is 11. The van der Waals surface area contributed by atoms with Crippen molar-refractivity contribution in [2.45, 2.75) is 38.5 Å². The summed E-state index contributed by atoms with van der Waals surface area (Å²) in [5.74, 6) is -0.866. The van der Waals surface area contributed by atoms with Crippen LogP contribution in [0.25, 0.3) is 0 Å². The van der Waals surface area contributed by atoms with Crippen molar-refractivity contribution in [2.75, 3.05) is 17.2 Å². The van der Waals surface area contributed by atoms with Gasteiger partial charge in [0.05, 0.1) is 12.8 Å². The fourth-order valence-corrected chi connectivity index (χ4v) is 4.34. The van der Waals surface area contributed by atoms with E-state index >= 15 is 0 Å². The minimum atomic E-state index is -0.593. The Morgan fingerprint density at radius 3 is 2.67 bits per heavy atom. The molecule has 3 aromatic rings. The summed E-state index contributed by atoms with van der Waals surface area (Å²) in [6.45, 7) is 0.769. The number of amides is 2. The Kier molecular flexibility index (Phi) is 8.82. The fourth-order valence-electron chi connectivity index (χ4n) is 3.55. The molecule has 3 aromatic heterocycles. The highest BCUT2D eigenvalue weighted by Crippen LogP contribution is 2.19. The molecule has 0 aromatic carbocycles. The second kappa shape index (κ2) is 12.6. The number of hydrogen-bond acceptors (Lipinski definition) is 8. The number of aryl methyl sites for hydroxylation is 2. The number of nitrogens with one attached hydrogen (secondary N) is 3. The molecule has 0 fully saturated rings. The molecule has 0 atom stereocenters. The van der Waals surface area contributed by atoms with Gasteiger partial charge in [-0.05, 0) is 43.0 Å². The van der Waals surface area contributed by atoms with E-state index in [4.69, 9.17) is 0 Å². The fraction of sp³-hybridized carbons (Fsp3) is 0.280. The molecule has 0 spiro atoms. The van der Waals surface area contributed by atoms with Crippen LogP contribution in [0.3, 0.4) is 0 Å². The van der Waals surface area contributed by atoms with Gasteiger partial charge in [0.15, 0.2) is 0 Å². The van der Waals surface area contributed by atoms with Gasteiger partial charge in [0, 0.05) is 36.6 Å². The first-order valence-electron chi connectivity index (χ1n) is 11.6. The van der Waals surface area contributed by atoms with Crippen molar-refractivity contribution in [3.8, 4) is 0 Å². The molecule has 4 rings (SSSR count). The first kappa shape index (κ1) is 25.1. The molecule has 186 valence electrons. The van der Waals surface area contributed by atoms with Crippen LogP contribution in [0, 0.1) is 5.95 Å². The van der Waals surface area contributed by atoms with Gasteiger partial charge in [0.1, 0.15) is 10.8 Å². The first-order valence-corrected chi connectivity index (χ1v) is 12.4. The largest absolute Gasteiger partial charge is 0.387 e. The minimum absolute atomic E-state index is 0.0931. The number of pyridine rings is 2. The predicted molar refractivity (Wildman–Crippen MR) is 136 cm³/mol. The van der Waals surface area contributed by atoms with Crippen molar-refractivity contribution in [3.05, 3.63) is 82.7 Å². The van der Waals surface area contributed by atoms with Crippen molar-refractivity contribution in [2.24, 2.45) is 0 Å². The van der Waals surface area contributed by atoms with Gasteiger partial charge >= 0.3 is 0 Å². The number of hydrogen-bond donors (Lipinski definition) is 3. The summed E-state index contributed by atoms with van der Waals surface area (Å²) in [7, 11) is 0. The number of carbonyl (C=O) groups is 2. The molecular weight excluding hydrogens is 481 g/mol. The molecule has 1 aliphatic heterocycles. The number of dihydropyridines is 1. The smallest absolute Gasteiger partial charge is 0.231 e. The maximum atomic E-state index is 14.4. The van der Waals surface area contributed by atoms with Crippen molar-refractivity contribution in [1.82, 2.24) is 25.5 Å². The van der Waals surface area contributed by atoms with Gasteiger partial charge in [-0.3, -0.25) is 14.6 Å². The quantitative estimate of drug-likeness (QED) is 0.268. The maximum Gasteiger partial charge on any atom is 0.231 e. The van der Waals surface area contributed by atoms with Gasteiger partial charge in [-0.1, -0.05) is 35.6 Å². The van der Waals surface area contributed by atoms with Crippen molar-refractivity contribution in [3.63, 3.8) is 0 Å². The molecule has 36 heavy (non-hydrogen) atoms. The van der Waals surface area contributed by atoms with Gasteiger partial charge in [-0.25, -0.2) is 4.98 Å². The molecule has 0 saturated carbocycles. The Morgan fingerprint density at radius 1 is 1.03 bits per heavy atom. The number of allylic oxidation sites excluding steroid dienone is 1. The Balaban J connectivity index is 1.17. The molecule has 11 heteroatoms. The van der Waals surface area contributed by atoms with Crippen molar-refractivity contribution in [1.29, 1.82) is 0 Å². The highest BCUT2D eigenvalue weighted by atomic mass is 32.1. The van der Waals surface area contributed by atoms with E-state index in [0.29, 0.717) is 29.2 Å². The van der Waals surface area contributed by atoms with E-state index in [9.17, 15) is 14.0 Å². The van der Waals surface area contributed by atoms with Gasteiger partial charge in [0.25, 0.3) is 0 Å². The summed E-state index contributed by atoms with van der Waals surface area (Å²) in [6.07, 6.45) is 10.4. The third-order valence-corrected chi connectivity index (χ3v) is 6.18. The molecule has 3 N–H and O–H groups in total.